The van der Waals surface area contributed by atoms with Gasteiger partial charge in [0.15, 0.2) is 5.69 Å². The van der Waals surface area contributed by atoms with Gasteiger partial charge in [0.1, 0.15) is 5.82 Å². The van der Waals surface area contributed by atoms with Gasteiger partial charge < -0.3 is 10.6 Å². The van der Waals surface area contributed by atoms with Crippen molar-refractivity contribution in [3.05, 3.63) is 38.8 Å². The van der Waals surface area contributed by atoms with Gasteiger partial charge in [0.05, 0.1) is 6.20 Å². The number of rotatable bonds is 8. The molecule has 0 aliphatic heterocycles. The van der Waals surface area contributed by atoms with Gasteiger partial charge in [0, 0.05) is 32.8 Å². The third-order valence-corrected chi connectivity index (χ3v) is 4.22. The van der Waals surface area contributed by atoms with E-state index in [2.05, 4.69) is 10.1 Å². The molecule has 2 aromatic heterocycles. The maximum atomic E-state index is 12.7. The van der Waals surface area contributed by atoms with Crippen molar-refractivity contribution in [2.24, 2.45) is 7.05 Å². The Morgan fingerprint density at radius 2 is 2.08 bits per heavy atom. The number of H-pyrrole nitrogens is 1. The predicted octanol–water partition coefficient (Wildman–Crippen LogP) is 0.638. The van der Waals surface area contributed by atoms with E-state index in [9.17, 15) is 14.4 Å². The molecule has 0 aliphatic carbocycles. The molecule has 9 heteroatoms. The first-order valence-corrected chi connectivity index (χ1v) is 8.79. The zero-order chi connectivity index (χ0) is 19.3. The molecular weight excluding hydrogens is 336 g/mol. The van der Waals surface area contributed by atoms with E-state index in [4.69, 9.17) is 5.73 Å². The van der Waals surface area contributed by atoms with Gasteiger partial charge in [-0.15, -0.1) is 0 Å². The Morgan fingerprint density at radius 1 is 1.35 bits per heavy atom. The van der Waals surface area contributed by atoms with Gasteiger partial charge in [-0.25, -0.2) is 4.79 Å². The van der Waals surface area contributed by atoms with Crippen molar-refractivity contribution >= 4 is 17.4 Å². The molecule has 0 radical (unpaired) electrons. The maximum Gasteiger partial charge on any atom is 0.330 e. The third kappa shape index (κ3) is 4.22. The highest BCUT2D eigenvalue weighted by Gasteiger charge is 2.22. The van der Waals surface area contributed by atoms with E-state index < -0.39 is 11.2 Å². The minimum absolute atomic E-state index is 0.0313. The SMILES string of the molecule is CCCCn1c(N)c(N(CC)C(=O)CCc2cnn(C)c2)c(=O)[nH]c1=O. The van der Waals surface area contributed by atoms with Crippen LogP contribution in [0.25, 0.3) is 0 Å². The summed E-state index contributed by atoms with van der Waals surface area (Å²) in [5, 5.41) is 4.07. The van der Waals surface area contributed by atoms with E-state index in [-0.39, 0.29) is 30.4 Å². The molecule has 1 amide bonds. The number of carbonyl (C=O) groups excluding carboxylic acids is 1. The van der Waals surface area contributed by atoms with Crippen molar-refractivity contribution in [3.63, 3.8) is 0 Å². The first kappa shape index (κ1) is 19.5. The molecule has 26 heavy (non-hydrogen) atoms. The molecular formula is C17H26N6O3. The molecule has 2 rings (SSSR count). The molecule has 0 spiro atoms. The molecule has 0 aliphatic rings. The maximum absolute atomic E-state index is 12.7. The van der Waals surface area contributed by atoms with Gasteiger partial charge in [-0.2, -0.15) is 5.10 Å². The molecule has 3 N–H and O–H groups in total. The van der Waals surface area contributed by atoms with Crippen molar-refractivity contribution in [2.45, 2.75) is 46.1 Å². The molecule has 9 nitrogen and oxygen atoms in total. The Balaban J connectivity index is 2.29. The Morgan fingerprint density at radius 3 is 2.65 bits per heavy atom. The minimum Gasteiger partial charge on any atom is -0.383 e. The van der Waals surface area contributed by atoms with Crippen molar-refractivity contribution in [1.29, 1.82) is 0 Å². The molecule has 2 aromatic rings. The number of nitrogen functional groups attached to an aromatic ring is 1. The van der Waals surface area contributed by atoms with Crippen LogP contribution in [0.15, 0.2) is 22.0 Å². The van der Waals surface area contributed by atoms with Crippen LogP contribution in [-0.2, 0) is 24.8 Å². The van der Waals surface area contributed by atoms with Gasteiger partial charge in [0.2, 0.25) is 5.91 Å². The first-order chi connectivity index (χ1) is 12.4. The van der Waals surface area contributed by atoms with Crippen molar-refractivity contribution < 1.29 is 4.79 Å². The van der Waals surface area contributed by atoms with E-state index in [1.807, 2.05) is 20.2 Å². The number of unbranched alkanes of at least 4 members (excludes halogenated alkanes) is 1. The highest BCUT2D eigenvalue weighted by atomic mass is 16.2. The predicted molar refractivity (Wildman–Crippen MR) is 100 cm³/mol. The summed E-state index contributed by atoms with van der Waals surface area (Å²) in [4.78, 5) is 40.6. The largest absolute Gasteiger partial charge is 0.383 e. The summed E-state index contributed by atoms with van der Waals surface area (Å²) in [6.45, 7) is 4.44. The number of anilines is 2. The lowest BCUT2D eigenvalue weighted by atomic mass is 10.2. The smallest absolute Gasteiger partial charge is 0.330 e. The zero-order valence-electron chi connectivity index (χ0n) is 15.5. The van der Waals surface area contributed by atoms with Crippen LogP contribution in [0, 0.1) is 0 Å². The number of nitrogens with one attached hydrogen (secondary N) is 1. The van der Waals surface area contributed by atoms with Crippen molar-refractivity contribution in [2.75, 3.05) is 17.2 Å². The molecule has 0 unspecified atom stereocenters. The van der Waals surface area contributed by atoms with Gasteiger partial charge in [-0.3, -0.25) is 23.8 Å². The summed E-state index contributed by atoms with van der Waals surface area (Å²) < 4.78 is 2.99. The number of aryl methyl sites for hydroxylation is 2. The van der Waals surface area contributed by atoms with Crippen LogP contribution in [0.5, 0.6) is 0 Å². The lowest BCUT2D eigenvalue weighted by Gasteiger charge is -2.23. The average Bonchev–Trinajstić information content (AvgIpc) is 3.01. The van der Waals surface area contributed by atoms with Crippen LogP contribution >= 0.6 is 0 Å². The van der Waals surface area contributed by atoms with Gasteiger partial charge in [0.25, 0.3) is 5.56 Å². The number of nitrogens with zero attached hydrogens (tertiary/aromatic N) is 4. The highest BCUT2D eigenvalue weighted by molar-refractivity contribution is 5.95. The number of hydrogen-bond donors (Lipinski definition) is 2. The molecule has 0 saturated heterocycles. The quantitative estimate of drug-likeness (QED) is 0.714. The second-order valence-corrected chi connectivity index (χ2v) is 6.16. The van der Waals surface area contributed by atoms with E-state index in [0.29, 0.717) is 13.0 Å². The van der Waals surface area contributed by atoms with Gasteiger partial charge in [-0.1, -0.05) is 13.3 Å². The number of aromatic amines is 1. The van der Waals surface area contributed by atoms with Crippen molar-refractivity contribution in [3.8, 4) is 0 Å². The molecule has 0 bridgehead atoms. The summed E-state index contributed by atoms with van der Waals surface area (Å²) in [7, 11) is 1.81. The van der Waals surface area contributed by atoms with E-state index in [1.54, 1.807) is 17.8 Å². The third-order valence-electron chi connectivity index (χ3n) is 4.22. The first-order valence-electron chi connectivity index (χ1n) is 8.79. The van der Waals surface area contributed by atoms with Crippen LogP contribution in [0.2, 0.25) is 0 Å². The highest BCUT2D eigenvalue weighted by Crippen LogP contribution is 2.18. The number of aromatic nitrogens is 4. The number of nitrogens with two attached hydrogens (primary N) is 1. The Hall–Kier alpha value is -2.84. The van der Waals surface area contributed by atoms with E-state index in [1.165, 1.54) is 9.47 Å². The lowest BCUT2D eigenvalue weighted by molar-refractivity contribution is -0.118. The minimum atomic E-state index is -0.642. The summed E-state index contributed by atoms with van der Waals surface area (Å²) >= 11 is 0. The average molecular weight is 362 g/mol. The van der Waals surface area contributed by atoms with Crippen LogP contribution in [0.4, 0.5) is 11.5 Å². The van der Waals surface area contributed by atoms with Crippen LogP contribution in [0.1, 0.15) is 38.7 Å². The van der Waals surface area contributed by atoms with E-state index in [0.717, 1.165) is 18.4 Å². The Labute approximate surface area is 151 Å². The Bertz CT molecular complexity index is 879. The lowest BCUT2D eigenvalue weighted by Crippen LogP contribution is -2.41. The molecule has 0 saturated carbocycles. The fourth-order valence-electron chi connectivity index (χ4n) is 2.82. The normalized spacial score (nSPS) is 10.9. The monoisotopic (exact) mass is 362 g/mol. The second kappa shape index (κ2) is 8.50. The van der Waals surface area contributed by atoms with Crippen LogP contribution in [0.3, 0.4) is 0 Å². The standard InChI is InChI=1S/C17H26N6O3/c1-4-6-9-23-15(18)14(16(25)20-17(23)26)22(5-2)13(24)8-7-12-10-19-21(3)11-12/h10-11H,4-9,18H2,1-3H3,(H,20,25,26). The van der Waals surface area contributed by atoms with Crippen LogP contribution in [-0.4, -0.2) is 31.8 Å². The summed E-state index contributed by atoms with van der Waals surface area (Å²) in [6.07, 6.45) is 5.90. The molecule has 0 fully saturated rings. The number of amides is 1. The fraction of sp³-hybridized carbons (Fsp3) is 0.529. The number of hydrogen-bond acceptors (Lipinski definition) is 5. The fourth-order valence-corrected chi connectivity index (χ4v) is 2.82. The van der Waals surface area contributed by atoms with E-state index >= 15 is 0 Å². The Kier molecular flexibility index (Phi) is 6.37. The molecule has 142 valence electrons. The summed E-state index contributed by atoms with van der Waals surface area (Å²) in [5.41, 5.74) is 5.87. The van der Waals surface area contributed by atoms with Crippen molar-refractivity contribution in [1.82, 2.24) is 19.3 Å². The van der Waals surface area contributed by atoms with Crippen LogP contribution < -0.4 is 21.9 Å². The molecule has 0 aromatic carbocycles. The number of carbonyl (C=O) groups is 1. The molecule has 2 heterocycles. The van der Waals surface area contributed by atoms with Gasteiger partial charge in [-0.05, 0) is 25.3 Å². The second-order valence-electron chi connectivity index (χ2n) is 6.16. The van der Waals surface area contributed by atoms with Gasteiger partial charge >= 0.3 is 5.69 Å². The topological polar surface area (TPSA) is 119 Å². The summed E-state index contributed by atoms with van der Waals surface area (Å²) in [6, 6.07) is 0. The molecule has 0 atom stereocenters. The zero-order valence-corrected chi connectivity index (χ0v) is 15.5. The summed E-state index contributed by atoms with van der Waals surface area (Å²) in [5.74, 6) is -0.196.